The van der Waals surface area contributed by atoms with Gasteiger partial charge in [-0.2, -0.15) is 5.10 Å². The topological polar surface area (TPSA) is 39.8 Å². The van der Waals surface area contributed by atoms with Gasteiger partial charge in [0.25, 0.3) is 0 Å². The Kier molecular flexibility index (Phi) is 4.95. The molecule has 0 amide bonds. The van der Waals surface area contributed by atoms with Gasteiger partial charge in [0.05, 0.1) is 15.9 Å². The lowest BCUT2D eigenvalue weighted by Gasteiger charge is -2.10. The van der Waals surface area contributed by atoms with Crippen LogP contribution in [0.1, 0.15) is 38.7 Å². The zero-order valence-electron chi connectivity index (χ0n) is 15.0. The van der Waals surface area contributed by atoms with E-state index >= 15 is 0 Å². The van der Waals surface area contributed by atoms with Gasteiger partial charge >= 0.3 is 0 Å². The number of rotatable bonds is 5. The van der Waals surface area contributed by atoms with Crippen molar-refractivity contribution in [2.24, 2.45) is 0 Å². The Morgan fingerprint density at radius 1 is 1.08 bits per heavy atom. The zero-order valence-corrected chi connectivity index (χ0v) is 16.6. The number of Topliss-reactive ketones (excluding diaryl/α,β-unsaturated/α-hetero) is 1. The molecule has 2 aromatic heterocycles. The number of hydrogen-bond donors (Lipinski definition) is 0. The minimum atomic E-state index is 0.0884. The normalized spacial score (nSPS) is 11.1. The molecule has 0 aliphatic carbocycles. The van der Waals surface area contributed by atoms with Crippen LogP contribution in [0.2, 0.25) is 0 Å². The lowest BCUT2D eigenvalue weighted by molar-refractivity contribution is 0.0966. The Balaban J connectivity index is 1.86. The highest BCUT2D eigenvalue weighted by atomic mass is 79.9. The van der Waals surface area contributed by atoms with E-state index < -0.39 is 0 Å². The van der Waals surface area contributed by atoms with Crippen molar-refractivity contribution in [3.8, 4) is 0 Å². The van der Waals surface area contributed by atoms with Gasteiger partial charge in [-0.05, 0) is 55.3 Å². The molecule has 0 aliphatic rings. The minimum Gasteiger partial charge on any atom is -0.344 e. The van der Waals surface area contributed by atoms with E-state index in [0.29, 0.717) is 0 Å². The summed E-state index contributed by atoms with van der Waals surface area (Å²) in [6.07, 6.45) is 0. The van der Waals surface area contributed by atoms with Gasteiger partial charge < -0.3 is 4.57 Å². The molecule has 4 nitrogen and oxygen atoms in total. The third kappa shape index (κ3) is 3.47. The number of carbonyl (C=O) groups excluding carboxylic acids is 1. The Morgan fingerprint density at radius 3 is 2.36 bits per heavy atom. The summed E-state index contributed by atoms with van der Waals surface area (Å²) >= 11 is 3.51. The molecular formula is C20H22BrN3O. The second-order valence-corrected chi connectivity index (χ2v) is 7.22. The Morgan fingerprint density at radius 2 is 1.76 bits per heavy atom. The maximum Gasteiger partial charge on any atom is 0.186 e. The second kappa shape index (κ2) is 7.00. The molecule has 1 aromatic carbocycles. The summed E-state index contributed by atoms with van der Waals surface area (Å²) in [7, 11) is 0. The number of halogens is 1. The van der Waals surface area contributed by atoms with E-state index in [1.807, 2.05) is 52.0 Å². The van der Waals surface area contributed by atoms with E-state index in [1.165, 1.54) is 5.56 Å². The van der Waals surface area contributed by atoms with Crippen molar-refractivity contribution < 1.29 is 4.79 Å². The number of hydrogen-bond acceptors (Lipinski definition) is 2. The molecular weight excluding hydrogens is 378 g/mol. The maximum absolute atomic E-state index is 12.8. The predicted octanol–water partition coefficient (Wildman–Crippen LogP) is 4.61. The number of carbonyl (C=O) groups is 1. The summed E-state index contributed by atoms with van der Waals surface area (Å²) in [4.78, 5) is 12.8. The fourth-order valence-corrected chi connectivity index (χ4v) is 3.43. The molecule has 0 unspecified atom stereocenters. The summed E-state index contributed by atoms with van der Waals surface area (Å²) in [6, 6.07) is 12.3. The Bertz CT molecular complexity index is 922. The van der Waals surface area contributed by atoms with Crippen molar-refractivity contribution in [1.82, 2.24) is 14.3 Å². The molecule has 130 valence electrons. The van der Waals surface area contributed by atoms with Crippen LogP contribution in [0.4, 0.5) is 0 Å². The predicted molar refractivity (Wildman–Crippen MR) is 103 cm³/mol. The molecule has 0 fully saturated rings. The minimum absolute atomic E-state index is 0.0884. The van der Waals surface area contributed by atoms with Gasteiger partial charge in [0.15, 0.2) is 5.78 Å². The zero-order chi connectivity index (χ0) is 18.1. The first-order valence-corrected chi connectivity index (χ1v) is 9.11. The summed E-state index contributed by atoms with van der Waals surface area (Å²) < 4.78 is 4.93. The molecule has 3 aromatic rings. The third-order valence-electron chi connectivity index (χ3n) is 4.64. The third-order valence-corrected chi connectivity index (χ3v) is 5.79. The van der Waals surface area contributed by atoms with Crippen molar-refractivity contribution in [2.45, 2.75) is 40.8 Å². The number of aryl methyl sites for hydroxylation is 2. The van der Waals surface area contributed by atoms with E-state index in [4.69, 9.17) is 0 Å². The number of nitrogens with zero attached hydrogens (tertiary/aromatic N) is 3. The van der Waals surface area contributed by atoms with Crippen LogP contribution in [0.25, 0.3) is 0 Å². The first kappa shape index (κ1) is 17.7. The second-order valence-electron chi connectivity index (χ2n) is 6.42. The molecule has 0 bridgehead atoms. The molecule has 0 aliphatic heterocycles. The molecule has 25 heavy (non-hydrogen) atoms. The van der Waals surface area contributed by atoms with E-state index in [0.717, 1.165) is 39.4 Å². The van der Waals surface area contributed by atoms with Crippen LogP contribution in [0.3, 0.4) is 0 Å². The smallest absolute Gasteiger partial charge is 0.186 e. The molecule has 2 heterocycles. The summed E-state index contributed by atoms with van der Waals surface area (Å²) in [5.41, 5.74) is 5.98. The standard InChI is InChI=1S/C20H22BrN3O/c1-13-10-18(15(3)23(13)11-17-8-6-5-7-9-17)19(25)12-24-16(4)20(21)14(2)22-24/h5-10H,11-12H2,1-4H3. The average molecular weight is 400 g/mol. The van der Waals surface area contributed by atoms with Gasteiger partial charge in [0.1, 0.15) is 6.54 Å². The van der Waals surface area contributed by atoms with Crippen LogP contribution in [-0.4, -0.2) is 20.1 Å². The van der Waals surface area contributed by atoms with E-state index in [1.54, 1.807) is 4.68 Å². The first-order valence-electron chi connectivity index (χ1n) is 8.32. The highest BCUT2D eigenvalue weighted by Gasteiger charge is 2.18. The fourth-order valence-electron chi connectivity index (χ4n) is 3.14. The molecule has 0 spiro atoms. The molecule has 3 rings (SSSR count). The summed E-state index contributed by atoms with van der Waals surface area (Å²) in [5, 5.41) is 4.44. The van der Waals surface area contributed by atoms with Crippen molar-refractivity contribution in [3.63, 3.8) is 0 Å². The van der Waals surface area contributed by atoms with E-state index in [9.17, 15) is 4.79 Å². The summed E-state index contributed by atoms with van der Waals surface area (Å²) in [5.74, 6) is 0.0884. The van der Waals surface area contributed by atoms with Gasteiger partial charge in [0.2, 0.25) is 0 Å². The van der Waals surface area contributed by atoms with Crippen LogP contribution in [0.15, 0.2) is 40.9 Å². The summed E-state index contributed by atoms with van der Waals surface area (Å²) in [6.45, 7) is 9.00. The number of aromatic nitrogens is 3. The van der Waals surface area contributed by atoms with Crippen molar-refractivity contribution >= 4 is 21.7 Å². The molecule has 0 atom stereocenters. The van der Waals surface area contributed by atoms with Gasteiger partial charge in [-0.25, -0.2) is 0 Å². The first-order chi connectivity index (χ1) is 11.9. The lowest BCUT2D eigenvalue weighted by atomic mass is 10.1. The van der Waals surface area contributed by atoms with Crippen molar-refractivity contribution in [3.05, 3.63) is 74.8 Å². The van der Waals surface area contributed by atoms with Gasteiger partial charge in [-0.15, -0.1) is 0 Å². The van der Waals surface area contributed by atoms with Crippen molar-refractivity contribution in [1.29, 1.82) is 0 Å². The largest absolute Gasteiger partial charge is 0.344 e. The molecule has 0 N–H and O–H groups in total. The van der Waals surface area contributed by atoms with Gasteiger partial charge in [-0.3, -0.25) is 9.48 Å². The SMILES string of the molecule is Cc1nn(CC(=O)c2cc(C)n(Cc3ccccc3)c2C)c(C)c1Br. The van der Waals surface area contributed by atoms with Crippen LogP contribution in [0, 0.1) is 27.7 Å². The Labute approximate surface area is 156 Å². The molecule has 0 radical (unpaired) electrons. The highest BCUT2D eigenvalue weighted by molar-refractivity contribution is 9.10. The van der Waals surface area contributed by atoms with Crippen LogP contribution in [0.5, 0.6) is 0 Å². The monoisotopic (exact) mass is 399 g/mol. The van der Waals surface area contributed by atoms with E-state index in [-0.39, 0.29) is 12.3 Å². The van der Waals surface area contributed by atoms with Crippen LogP contribution >= 0.6 is 15.9 Å². The Hall–Kier alpha value is -2.14. The highest BCUT2D eigenvalue weighted by Crippen LogP contribution is 2.22. The fraction of sp³-hybridized carbons (Fsp3) is 0.300. The number of benzene rings is 1. The van der Waals surface area contributed by atoms with Crippen LogP contribution in [-0.2, 0) is 13.1 Å². The van der Waals surface area contributed by atoms with Crippen LogP contribution < -0.4 is 0 Å². The van der Waals surface area contributed by atoms with E-state index in [2.05, 4.69) is 37.7 Å². The quantitative estimate of drug-likeness (QED) is 0.587. The van der Waals surface area contributed by atoms with Crippen molar-refractivity contribution in [2.75, 3.05) is 0 Å². The lowest BCUT2D eigenvalue weighted by Crippen LogP contribution is -2.14. The van der Waals surface area contributed by atoms with Gasteiger partial charge in [0, 0.05) is 23.5 Å². The average Bonchev–Trinajstić information content (AvgIpc) is 3.01. The molecule has 0 saturated carbocycles. The van der Waals surface area contributed by atoms with Gasteiger partial charge in [-0.1, -0.05) is 30.3 Å². The number of ketones is 1. The maximum atomic E-state index is 12.8. The molecule has 0 saturated heterocycles. The molecule has 5 heteroatoms.